The van der Waals surface area contributed by atoms with Crippen LogP contribution < -0.4 is 10.1 Å². The van der Waals surface area contributed by atoms with Gasteiger partial charge in [-0.15, -0.1) is 25.6 Å². The Hall–Kier alpha value is -1.02. The van der Waals surface area contributed by atoms with Crippen LogP contribution in [0.1, 0.15) is 11.6 Å². The van der Waals surface area contributed by atoms with Gasteiger partial charge in [0.25, 0.3) is 0 Å². The zero-order chi connectivity index (χ0) is 14.6. The molecular formula is C13H18ClF3N2O2. The third-order valence-electron chi connectivity index (χ3n) is 3.26. The zero-order valence-corrected chi connectivity index (χ0v) is 12.1. The van der Waals surface area contributed by atoms with Gasteiger partial charge in [0.15, 0.2) is 0 Å². The molecule has 21 heavy (non-hydrogen) atoms. The van der Waals surface area contributed by atoms with E-state index in [1.54, 1.807) is 12.1 Å². The lowest BCUT2D eigenvalue weighted by molar-refractivity contribution is -0.274. The van der Waals surface area contributed by atoms with Crippen molar-refractivity contribution < 1.29 is 23.0 Å². The molecule has 2 rings (SSSR count). The lowest BCUT2D eigenvalue weighted by Crippen LogP contribution is -2.46. The summed E-state index contributed by atoms with van der Waals surface area (Å²) in [5, 5.41) is 12.7. The molecule has 1 saturated heterocycles. The van der Waals surface area contributed by atoms with Crippen LogP contribution in [0.25, 0.3) is 0 Å². The molecule has 1 aliphatic heterocycles. The molecule has 0 spiro atoms. The Morgan fingerprint density at radius 1 is 1.19 bits per heavy atom. The van der Waals surface area contributed by atoms with Crippen molar-refractivity contribution in [3.8, 4) is 5.75 Å². The number of ether oxygens (including phenoxy) is 1. The fourth-order valence-corrected chi connectivity index (χ4v) is 2.32. The van der Waals surface area contributed by atoms with Crippen LogP contribution in [0.3, 0.4) is 0 Å². The predicted molar refractivity (Wildman–Crippen MR) is 74.6 cm³/mol. The van der Waals surface area contributed by atoms with Crippen molar-refractivity contribution in [1.82, 2.24) is 10.2 Å². The maximum Gasteiger partial charge on any atom is 0.573 e. The second-order valence-corrected chi connectivity index (χ2v) is 4.60. The lowest BCUT2D eigenvalue weighted by atomic mass is 10.1. The molecule has 120 valence electrons. The van der Waals surface area contributed by atoms with Crippen molar-refractivity contribution in [3.63, 3.8) is 0 Å². The normalized spacial score (nSPS) is 17.9. The number of nitrogens with zero attached hydrogens (tertiary/aromatic N) is 1. The lowest BCUT2D eigenvalue weighted by Gasteiger charge is -2.34. The summed E-state index contributed by atoms with van der Waals surface area (Å²) >= 11 is 0. The fourth-order valence-electron chi connectivity index (χ4n) is 2.32. The summed E-state index contributed by atoms with van der Waals surface area (Å²) in [6.07, 6.45) is -4.68. The SMILES string of the molecule is Cl.OC[C@H](c1ccc(OC(F)(F)F)cc1)N1CCNCC1. The molecule has 0 aliphatic carbocycles. The van der Waals surface area contributed by atoms with Crippen LogP contribution in [0, 0.1) is 0 Å². The van der Waals surface area contributed by atoms with Gasteiger partial charge in [0.1, 0.15) is 5.75 Å². The molecule has 0 saturated carbocycles. The van der Waals surface area contributed by atoms with Crippen molar-refractivity contribution in [3.05, 3.63) is 29.8 Å². The predicted octanol–water partition coefficient (Wildman–Crippen LogP) is 1.95. The van der Waals surface area contributed by atoms with Crippen molar-refractivity contribution in [2.24, 2.45) is 0 Å². The van der Waals surface area contributed by atoms with E-state index in [2.05, 4.69) is 15.0 Å². The Morgan fingerprint density at radius 3 is 2.24 bits per heavy atom. The third-order valence-corrected chi connectivity index (χ3v) is 3.26. The number of piperazine rings is 1. The maximum atomic E-state index is 12.1. The van der Waals surface area contributed by atoms with Crippen LogP contribution in [-0.4, -0.2) is 49.2 Å². The Kier molecular flexibility index (Phi) is 6.73. The molecule has 2 N–H and O–H groups in total. The Morgan fingerprint density at radius 2 is 1.76 bits per heavy atom. The summed E-state index contributed by atoms with van der Waals surface area (Å²) in [6.45, 7) is 3.20. The number of hydrogen-bond acceptors (Lipinski definition) is 4. The van der Waals surface area contributed by atoms with Crippen LogP contribution in [0.2, 0.25) is 0 Å². The van der Waals surface area contributed by atoms with Gasteiger partial charge in [0.05, 0.1) is 12.6 Å². The highest BCUT2D eigenvalue weighted by Gasteiger charge is 2.31. The summed E-state index contributed by atoms with van der Waals surface area (Å²) in [5.74, 6) is -0.252. The van der Waals surface area contributed by atoms with E-state index in [-0.39, 0.29) is 30.8 Å². The summed E-state index contributed by atoms with van der Waals surface area (Å²) in [7, 11) is 0. The van der Waals surface area contributed by atoms with Crippen LogP contribution in [0.4, 0.5) is 13.2 Å². The van der Waals surface area contributed by atoms with Crippen LogP contribution in [0.5, 0.6) is 5.75 Å². The molecule has 0 radical (unpaired) electrons. The van der Waals surface area contributed by atoms with Crippen molar-refractivity contribution in [2.45, 2.75) is 12.4 Å². The van der Waals surface area contributed by atoms with Gasteiger partial charge in [-0.05, 0) is 17.7 Å². The number of aliphatic hydroxyl groups excluding tert-OH is 1. The number of aliphatic hydroxyl groups is 1. The quantitative estimate of drug-likeness (QED) is 0.887. The molecule has 1 aliphatic rings. The highest BCUT2D eigenvalue weighted by molar-refractivity contribution is 5.85. The average molecular weight is 327 g/mol. The minimum atomic E-state index is -4.68. The van der Waals surface area contributed by atoms with Gasteiger partial charge in [-0.1, -0.05) is 12.1 Å². The van der Waals surface area contributed by atoms with Crippen LogP contribution in [0.15, 0.2) is 24.3 Å². The molecule has 1 aromatic carbocycles. The van der Waals surface area contributed by atoms with E-state index in [9.17, 15) is 18.3 Å². The first-order valence-corrected chi connectivity index (χ1v) is 6.41. The molecule has 1 atom stereocenters. The van der Waals surface area contributed by atoms with Gasteiger partial charge in [0.2, 0.25) is 0 Å². The topological polar surface area (TPSA) is 44.7 Å². The number of hydrogen-bond donors (Lipinski definition) is 2. The molecule has 8 heteroatoms. The Bertz CT molecular complexity index is 422. The van der Waals surface area contributed by atoms with Crippen molar-refractivity contribution >= 4 is 12.4 Å². The Labute approximate surface area is 127 Å². The molecule has 0 bridgehead atoms. The molecular weight excluding hydrogens is 309 g/mol. The molecule has 0 aromatic heterocycles. The summed E-state index contributed by atoms with van der Waals surface area (Å²) < 4.78 is 40.1. The van der Waals surface area contributed by atoms with E-state index < -0.39 is 6.36 Å². The first-order chi connectivity index (χ1) is 9.49. The maximum absolute atomic E-state index is 12.1. The van der Waals surface area contributed by atoms with Crippen molar-refractivity contribution in [1.29, 1.82) is 0 Å². The van der Waals surface area contributed by atoms with Gasteiger partial charge in [-0.2, -0.15) is 0 Å². The van der Waals surface area contributed by atoms with Gasteiger partial charge in [-0.25, -0.2) is 0 Å². The Balaban J connectivity index is 0.00000220. The smallest absolute Gasteiger partial charge is 0.406 e. The zero-order valence-electron chi connectivity index (χ0n) is 11.3. The molecule has 4 nitrogen and oxygen atoms in total. The molecule has 1 fully saturated rings. The monoisotopic (exact) mass is 326 g/mol. The molecule has 0 unspecified atom stereocenters. The minimum Gasteiger partial charge on any atom is -0.406 e. The van der Waals surface area contributed by atoms with E-state index >= 15 is 0 Å². The first kappa shape index (κ1) is 18.0. The fraction of sp³-hybridized carbons (Fsp3) is 0.538. The molecule has 1 aromatic rings. The molecule has 1 heterocycles. The highest BCUT2D eigenvalue weighted by atomic mass is 35.5. The van der Waals surface area contributed by atoms with E-state index in [1.807, 2.05) is 0 Å². The summed E-state index contributed by atoms with van der Waals surface area (Å²) in [4.78, 5) is 2.11. The second kappa shape index (κ2) is 7.84. The van der Waals surface area contributed by atoms with Crippen molar-refractivity contribution in [2.75, 3.05) is 32.8 Å². The third kappa shape index (κ3) is 5.35. The van der Waals surface area contributed by atoms with E-state index in [1.165, 1.54) is 12.1 Å². The van der Waals surface area contributed by atoms with E-state index in [4.69, 9.17) is 0 Å². The minimum absolute atomic E-state index is 0. The highest BCUT2D eigenvalue weighted by Crippen LogP contribution is 2.26. The van der Waals surface area contributed by atoms with E-state index in [0.29, 0.717) is 0 Å². The largest absolute Gasteiger partial charge is 0.573 e. The summed E-state index contributed by atoms with van der Waals surface area (Å²) in [6, 6.07) is 5.46. The summed E-state index contributed by atoms with van der Waals surface area (Å²) in [5.41, 5.74) is 0.781. The second-order valence-electron chi connectivity index (χ2n) is 4.60. The van der Waals surface area contributed by atoms with Crippen LogP contribution >= 0.6 is 12.4 Å². The van der Waals surface area contributed by atoms with E-state index in [0.717, 1.165) is 31.7 Å². The number of benzene rings is 1. The average Bonchev–Trinajstić information content (AvgIpc) is 2.41. The van der Waals surface area contributed by atoms with Gasteiger partial charge >= 0.3 is 6.36 Å². The van der Waals surface area contributed by atoms with Gasteiger partial charge in [-0.3, -0.25) is 4.90 Å². The molecule has 0 amide bonds. The number of alkyl halides is 3. The first-order valence-electron chi connectivity index (χ1n) is 6.41. The van der Waals surface area contributed by atoms with Crippen LogP contribution in [-0.2, 0) is 0 Å². The van der Waals surface area contributed by atoms with Gasteiger partial charge in [0, 0.05) is 26.2 Å². The number of nitrogens with one attached hydrogen (secondary N) is 1. The number of halogens is 4. The number of rotatable bonds is 4. The standard InChI is InChI=1S/C13H17F3N2O2.ClH/c14-13(15,16)20-11-3-1-10(2-4-11)12(9-19)18-7-5-17-6-8-18;/h1-4,12,17,19H,5-9H2;1H/t12-;/m1./s1. The van der Waals surface area contributed by atoms with Gasteiger partial charge < -0.3 is 15.2 Å².